The van der Waals surface area contributed by atoms with Gasteiger partial charge in [-0.2, -0.15) is 0 Å². The van der Waals surface area contributed by atoms with Gasteiger partial charge in [-0.3, -0.25) is 4.98 Å². The third kappa shape index (κ3) is 4.13. The normalized spacial score (nSPS) is 11.4. The highest BCUT2D eigenvalue weighted by molar-refractivity contribution is 6.13. The van der Waals surface area contributed by atoms with Gasteiger partial charge in [0, 0.05) is 42.3 Å². The molecule has 1 aromatic heterocycles. The number of hydrogen-bond acceptors (Lipinski definition) is 3. The van der Waals surface area contributed by atoms with Crippen molar-refractivity contribution in [2.75, 3.05) is 18.0 Å². The molecule has 0 aliphatic carbocycles. The molecule has 0 aliphatic heterocycles. The predicted molar refractivity (Wildman–Crippen MR) is 106 cm³/mol. The standard InChI is InChI=1S/C22H23N3/c1-3-25(4-2)21-12-10-20(11-13-21)24-22(18-8-6-5-7-9-18)19-14-16-23-17-15-19/h5-17H,3-4H2,1-2H3. The smallest absolute Gasteiger partial charge is 0.0782 e. The molecule has 0 N–H and O–H groups in total. The van der Waals surface area contributed by atoms with Gasteiger partial charge in [-0.1, -0.05) is 30.3 Å². The number of rotatable bonds is 6. The Hall–Kier alpha value is -2.94. The summed E-state index contributed by atoms with van der Waals surface area (Å²) in [5.41, 5.74) is 5.30. The van der Waals surface area contributed by atoms with Gasteiger partial charge in [0.25, 0.3) is 0 Å². The molecular formula is C22H23N3. The van der Waals surface area contributed by atoms with Crippen LogP contribution in [0.1, 0.15) is 25.0 Å². The topological polar surface area (TPSA) is 28.5 Å². The van der Waals surface area contributed by atoms with E-state index in [1.165, 1.54) is 5.69 Å². The molecule has 3 aromatic rings. The summed E-state index contributed by atoms with van der Waals surface area (Å²) >= 11 is 0. The van der Waals surface area contributed by atoms with E-state index in [9.17, 15) is 0 Å². The van der Waals surface area contributed by atoms with Crippen LogP contribution < -0.4 is 4.90 Å². The van der Waals surface area contributed by atoms with E-state index < -0.39 is 0 Å². The first kappa shape index (κ1) is 16.9. The summed E-state index contributed by atoms with van der Waals surface area (Å²) in [6, 6.07) is 22.7. The molecule has 0 saturated carbocycles. The van der Waals surface area contributed by atoms with Gasteiger partial charge >= 0.3 is 0 Å². The van der Waals surface area contributed by atoms with Crippen LogP contribution in [0.25, 0.3) is 0 Å². The number of hydrogen-bond donors (Lipinski definition) is 0. The maximum atomic E-state index is 4.92. The average Bonchev–Trinajstić information content (AvgIpc) is 2.69. The van der Waals surface area contributed by atoms with Crippen LogP contribution in [0, 0.1) is 0 Å². The van der Waals surface area contributed by atoms with Crippen LogP contribution in [0.3, 0.4) is 0 Å². The van der Waals surface area contributed by atoms with Gasteiger partial charge in [-0.15, -0.1) is 0 Å². The van der Waals surface area contributed by atoms with E-state index in [1.807, 2.05) is 30.3 Å². The lowest BCUT2D eigenvalue weighted by molar-refractivity contribution is 0.866. The molecule has 25 heavy (non-hydrogen) atoms. The van der Waals surface area contributed by atoms with Gasteiger partial charge in [0.1, 0.15) is 0 Å². The Morgan fingerprint density at radius 3 is 2.00 bits per heavy atom. The number of benzene rings is 2. The fourth-order valence-corrected chi connectivity index (χ4v) is 2.86. The number of aliphatic imine (C=N–C) groups is 1. The van der Waals surface area contributed by atoms with Crippen LogP contribution in [0.15, 0.2) is 84.1 Å². The fraction of sp³-hybridized carbons (Fsp3) is 0.182. The Balaban J connectivity index is 1.99. The quantitative estimate of drug-likeness (QED) is 0.589. The first-order valence-corrected chi connectivity index (χ1v) is 8.71. The third-order valence-corrected chi connectivity index (χ3v) is 4.22. The highest BCUT2D eigenvalue weighted by Gasteiger charge is 2.07. The van der Waals surface area contributed by atoms with Gasteiger partial charge in [0.05, 0.1) is 11.4 Å². The lowest BCUT2D eigenvalue weighted by atomic mass is 10.0. The van der Waals surface area contributed by atoms with Crippen LogP contribution >= 0.6 is 0 Å². The van der Waals surface area contributed by atoms with Crippen molar-refractivity contribution in [1.29, 1.82) is 0 Å². The van der Waals surface area contributed by atoms with Crippen molar-refractivity contribution in [1.82, 2.24) is 4.98 Å². The molecule has 126 valence electrons. The molecule has 3 heteroatoms. The molecule has 3 rings (SSSR count). The fourth-order valence-electron chi connectivity index (χ4n) is 2.86. The molecule has 1 heterocycles. The largest absolute Gasteiger partial charge is 0.372 e. The summed E-state index contributed by atoms with van der Waals surface area (Å²) in [5.74, 6) is 0. The van der Waals surface area contributed by atoms with Gasteiger partial charge in [-0.25, -0.2) is 4.99 Å². The number of pyridine rings is 1. The minimum absolute atomic E-state index is 0.951. The average molecular weight is 329 g/mol. The molecule has 0 bridgehead atoms. The second-order valence-corrected chi connectivity index (χ2v) is 5.75. The predicted octanol–water partition coefficient (Wildman–Crippen LogP) is 5.10. The van der Waals surface area contributed by atoms with Crippen molar-refractivity contribution in [3.63, 3.8) is 0 Å². The summed E-state index contributed by atoms with van der Waals surface area (Å²) in [5, 5.41) is 0. The van der Waals surface area contributed by atoms with Crippen LogP contribution in [0.4, 0.5) is 11.4 Å². The van der Waals surface area contributed by atoms with Crippen LogP contribution in [-0.2, 0) is 0 Å². The maximum Gasteiger partial charge on any atom is 0.0782 e. The van der Waals surface area contributed by atoms with Crippen molar-refractivity contribution in [2.24, 2.45) is 4.99 Å². The van der Waals surface area contributed by atoms with E-state index in [-0.39, 0.29) is 0 Å². The van der Waals surface area contributed by atoms with Crippen molar-refractivity contribution in [3.8, 4) is 0 Å². The molecule has 0 radical (unpaired) electrons. The molecule has 0 spiro atoms. The first-order chi connectivity index (χ1) is 12.3. The Morgan fingerprint density at radius 2 is 1.40 bits per heavy atom. The van der Waals surface area contributed by atoms with E-state index >= 15 is 0 Å². The zero-order valence-electron chi connectivity index (χ0n) is 14.8. The van der Waals surface area contributed by atoms with Crippen LogP contribution in [0.2, 0.25) is 0 Å². The minimum Gasteiger partial charge on any atom is -0.372 e. The summed E-state index contributed by atoms with van der Waals surface area (Å²) in [7, 11) is 0. The number of anilines is 1. The number of aromatic nitrogens is 1. The van der Waals surface area contributed by atoms with E-state index in [0.717, 1.165) is 35.6 Å². The molecule has 0 saturated heterocycles. The van der Waals surface area contributed by atoms with E-state index in [0.29, 0.717) is 0 Å². The Kier molecular flexibility index (Phi) is 5.57. The Labute approximate surface area is 149 Å². The SMILES string of the molecule is CCN(CC)c1ccc(N=C(c2ccccc2)c2ccncc2)cc1. The minimum atomic E-state index is 0.951. The second-order valence-electron chi connectivity index (χ2n) is 5.75. The van der Waals surface area contributed by atoms with Crippen molar-refractivity contribution in [3.05, 3.63) is 90.3 Å². The molecule has 3 nitrogen and oxygen atoms in total. The van der Waals surface area contributed by atoms with Gasteiger partial charge in [0.15, 0.2) is 0 Å². The van der Waals surface area contributed by atoms with E-state index in [1.54, 1.807) is 12.4 Å². The van der Waals surface area contributed by atoms with Crippen LogP contribution in [0.5, 0.6) is 0 Å². The van der Waals surface area contributed by atoms with Crippen LogP contribution in [-0.4, -0.2) is 23.8 Å². The third-order valence-electron chi connectivity index (χ3n) is 4.22. The molecule has 0 unspecified atom stereocenters. The van der Waals surface area contributed by atoms with Gasteiger partial charge in [0.2, 0.25) is 0 Å². The molecule has 0 aliphatic rings. The first-order valence-electron chi connectivity index (χ1n) is 8.71. The summed E-state index contributed by atoms with van der Waals surface area (Å²) < 4.78 is 0. The molecule has 0 fully saturated rings. The summed E-state index contributed by atoms with van der Waals surface area (Å²) in [6.07, 6.45) is 3.61. The highest BCUT2D eigenvalue weighted by atomic mass is 15.1. The second kappa shape index (κ2) is 8.25. The zero-order chi connectivity index (χ0) is 17.5. The van der Waals surface area contributed by atoms with Crippen molar-refractivity contribution in [2.45, 2.75) is 13.8 Å². The van der Waals surface area contributed by atoms with E-state index in [2.05, 4.69) is 60.1 Å². The molecule has 2 aromatic carbocycles. The lowest BCUT2D eigenvalue weighted by Gasteiger charge is -2.20. The molecular weight excluding hydrogens is 306 g/mol. The lowest BCUT2D eigenvalue weighted by Crippen LogP contribution is -2.21. The zero-order valence-corrected chi connectivity index (χ0v) is 14.8. The summed E-state index contributed by atoms with van der Waals surface area (Å²) in [6.45, 7) is 6.36. The van der Waals surface area contributed by atoms with Gasteiger partial charge in [-0.05, 0) is 50.2 Å². The van der Waals surface area contributed by atoms with Crippen molar-refractivity contribution >= 4 is 17.1 Å². The summed E-state index contributed by atoms with van der Waals surface area (Å²) in [4.78, 5) is 11.4. The Morgan fingerprint density at radius 1 is 0.800 bits per heavy atom. The molecule has 0 atom stereocenters. The van der Waals surface area contributed by atoms with E-state index in [4.69, 9.17) is 4.99 Å². The number of nitrogens with zero attached hydrogens (tertiary/aromatic N) is 3. The highest BCUT2D eigenvalue weighted by Crippen LogP contribution is 2.22. The van der Waals surface area contributed by atoms with Crippen molar-refractivity contribution < 1.29 is 0 Å². The molecule has 0 amide bonds. The maximum absolute atomic E-state index is 4.92. The monoisotopic (exact) mass is 329 g/mol. The van der Waals surface area contributed by atoms with Gasteiger partial charge < -0.3 is 4.90 Å². The Bertz CT molecular complexity index is 763.